The molecule has 1 aliphatic rings. The lowest BCUT2D eigenvalue weighted by atomic mass is 9.86. The average molecular weight is 270 g/mol. The van der Waals surface area contributed by atoms with Crippen LogP contribution in [-0.2, 0) is 11.8 Å². The summed E-state index contributed by atoms with van der Waals surface area (Å²) in [6, 6.07) is 11.8. The van der Waals surface area contributed by atoms with Gasteiger partial charge in [0.2, 0.25) is 5.91 Å². The van der Waals surface area contributed by atoms with Gasteiger partial charge < -0.3 is 14.2 Å². The molecule has 0 unspecified atom stereocenters. The molecule has 2 aromatic rings. The molecular weight excluding hydrogens is 252 g/mol. The molecule has 1 aromatic heterocycles. The Morgan fingerprint density at radius 3 is 2.40 bits per heavy atom. The number of aromatic nitrogens is 1. The van der Waals surface area contributed by atoms with E-state index < -0.39 is 0 Å². The highest BCUT2D eigenvalue weighted by atomic mass is 16.5. The van der Waals surface area contributed by atoms with Crippen LogP contribution < -0.4 is 9.64 Å². The highest BCUT2D eigenvalue weighted by molar-refractivity contribution is 6.02. The molecule has 1 saturated heterocycles. The van der Waals surface area contributed by atoms with Crippen LogP contribution in [-0.4, -0.2) is 17.6 Å². The largest absolute Gasteiger partial charge is 0.497 e. The zero-order valence-corrected chi connectivity index (χ0v) is 11.9. The van der Waals surface area contributed by atoms with E-state index in [0.717, 1.165) is 17.1 Å². The highest BCUT2D eigenvalue weighted by Crippen LogP contribution is 2.43. The predicted octanol–water partition coefficient (Wildman–Crippen LogP) is 2.76. The fourth-order valence-corrected chi connectivity index (χ4v) is 2.83. The second-order valence-electron chi connectivity index (χ2n) is 5.18. The monoisotopic (exact) mass is 270 g/mol. The Morgan fingerprint density at radius 2 is 1.85 bits per heavy atom. The fraction of sp³-hybridized carbons (Fsp3) is 0.312. The van der Waals surface area contributed by atoms with E-state index in [2.05, 4.69) is 10.6 Å². The van der Waals surface area contributed by atoms with Crippen LogP contribution in [0.25, 0.3) is 0 Å². The van der Waals surface area contributed by atoms with Gasteiger partial charge in [-0.05, 0) is 36.4 Å². The Balaban J connectivity index is 1.94. The summed E-state index contributed by atoms with van der Waals surface area (Å²) in [4.78, 5) is 14.1. The molecule has 2 heterocycles. The topological polar surface area (TPSA) is 34.5 Å². The number of rotatable bonds is 3. The van der Waals surface area contributed by atoms with Crippen LogP contribution in [0, 0.1) is 5.92 Å². The molecule has 0 saturated carbocycles. The van der Waals surface area contributed by atoms with Crippen molar-refractivity contribution in [2.24, 2.45) is 13.0 Å². The molecule has 4 nitrogen and oxygen atoms in total. The first-order chi connectivity index (χ1) is 9.63. The van der Waals surface area contributed by atoms with E-state index in [1.165, 1.54) is 0 Å². The van der Waals surface area contributed by atoms with Crippen molar-refractivity contribution >= 4 is 11.6 Å². The molecule has 0 spiro atoms. The van der Waals surface area contributed by atoms with E-state index >= 15 is 0 Å². The summed E-state index contributed by atoms with van der Waals surface area (Å²) in [5.41, 5.74) is 2.08. The molecule has 1 fully saturated rings. The summed E-state index contributed by atoms with van der Waals surface area (Å²) < 4.78 is 7.23. The van der Waals surface area contributed by atoms with Gasteiger partial charge >= 0.3 is 0 Å². The van der Waals surface area contributed by atoms with Gasteiger partial charge in [0.15, 0.2) is 0 Å². The van der Waals surface area contributed by atoms with E-state index in [4.69, 9.17) is 4.74 Å². The average Bonchev–Trinajstić information content (AvgIpc) is 2.89. The summed E-state index contributed by atoms with van der Waals surface area (Å²) in [5.74, 6) is 0.984. The Morgan fingerprint density at radius 1 is 1.15 bits per heavy atom. The molecule has 0 radical (unpaired) electrons. The first-order valence-corrected chi connectivity index (χ1v) is 6.72. The molecule has 104 valence electrons. The maximum absolute atomic E-state index is 12.2. The summed E-state index contributed by atoms with van der Waals surface area (Å²) in [7, 11) is 3.65. The van der Waals surface area contributed by atoms with E-state index in [-0.39, 0.29) is 17.9 Å². The SMILES string of the molecule is COc1ccc(N2C(=O)[C@H](C)[C@H]2c2cccn2C)cc1. The van der Waals surface area contributed by atoms with Crippen LogP contribution in [0.2, 0.25) is 0 Å². The van der Waals surface area contributed by atoms with E-state index in [1.807, 2.05) is 55.4 Å². The number of benzene rings is 1. The van der Waals surface area contributed by atoms with Gasteiger partial charge in [-0.2, -0.15) is 0 Å². The minimum atomic E-state index is 0.0192. The van der Waals surface area contributed by atoms with Crippen LogP contribution in [0.4, 0.5) is 5.69 Å². The molecule has 1 amide bonds. The first-order valence-electron chi connectivity index (χ1n) is 6.72. The van der Waals surface area contributed by atoms with E-state index in [0.29, 0.717) is 0 Å². The lowest BCUT2D eigenvalue weighted by Crippen LogP contribution is -2.54. The summed E-state index contributed by atoms with van der Waals surface area (Å²) in [5, 5.41) is 0. The molecule has 4 heteroatoms. The molecular formula is C16H18N2O2. The van der Waals surface area contributed by atoms with Gasteiger partial charge in [-0.1, -0.05) is 6.92 Å². The van der Waals surface area contributed by atoms with Crippen LogP contribution in [0.1, 0.15) is 18.7 Å². The maximum atomic E-state index is 12.2. The smallest absolute Gasteiger partial charge is 0.232 e. The minimum absolute atomic E-state index is 0.0192. The maximum Gasteiger partial charge on any atom is 0.232 e. The van der Waals surface area contributed by atoms with Crippen molar-refractivity contribution in [2.75, 3.05) is 12.0 Å². The Bertz CT molecular complexity index is 630. The third kappa shape index (κ3) is 1.80. The Kier molecular flexibility index (Phi) is 3.01. The van der Waals surface area contributed by atoms with Gasteiger partial charge in [0.1, 0.15) is 5.75 Å². The summed E-state index contributed by atoms with van der Waals surface area (Å²) in [6.45, 7) is 1.99. The molecule has 20 heavy (non-hydrogen) atoms. The van der Waals surface area contributed by atoms with E-state index in [9.17, 15) is 4.79 Å². The zero-order chi connectivity index (χ0) is 14.3. The number of amides is 1. The van der Waals surface area contributed by atoms with Crippen LogP contribution in [0.15, 0.2) is 42.6 Å². The normalized spacial score (nSPS) is 21.8. The number of nitrogens with zero attached hydrogens (tertiary/aromatic N) is 2. The van der Waals surface area contributed by atoms with Crippen LogP contribution >= 0.6 is 0 Å². The Labute approximate surface area is 118 Å². The summed E-state index contributed by atoms with van der Waals surface area (Å²) >= 11 is 0. The molecule has 0 aliphatic carbocycles. The van der Waals surface area contributed by atoms with Gasteiger partial charge in [-0.15, -0.1) is 0 Å². The van der Waals surface area contributed by atoms with E-state index in [1.54, 1.807) is 7.11 Å². The van der Waals surface area contributed by atoms with Crippen molar-refractivity contribution in [1.29, 1.82) is 0 Å². The first kappa shape index (κ1) is 12.8. The standard InChI is InChI=1S/C16H18N2O2/c1-11-15(14-5-4-10-17(14)2)18(16(11)19)12-6-8-13(20-3)9-7-12/h4-11,15H,1-3H3/t11-,15+/m1/s1. The second-order valence-corrected chi connectivity index (χ2v) is 5.18. The predicted molar refractivity (Wildman–Crippen MR) is 77.8 cm³/mol. The number of carbonyl (C=O) groups is 1. The molecule has 1 aliphatic heterocycles. The van der Waals surface area contributed by atoms with Gasteiger partial charge in [-0.3, -0.25) is 4.79 Å². The third-order valence-electron chi connectivity index (χ3n) is 4.02. The number of anilines is 1. The quantitative estimate of drug-likeness (QED) is 0.804. The second kappa shape index (κ2) is 4.71. The van der Waals surface area contributed by atoms with Crippen molar-refractivity contribution in [2.45, 2.75) is 13.0 Å². The van der Waals surface area contributed by atoms with Crippen molar-refractivity contribution in [3.8, 4) is 5.75 Å². The van der Waals surface area contributed by atoms with Gasteiger partial charge in [0, 0.05) is 24.6 Å². The molecule has 0 bridgehead atoms. The minimum Gasteiger partial charge on any atom is -0.497 e. The van der Waals surface area contributed by atoms with Crippen LogP contribution in [0.3, 0.4) is 0 Å². The van der Waals surface area contributed by atoms with Crippen molar-refractivity contribution in [3.63, 3.8) is 0 Å². The third-order valence-corrected chi connectivity index (χ3v) is 4.02. The van der Waals surface area contributed by atoms with Crippen molar-refractivity contribution in [3.05, 3.63) is 48.3 Å². The molecule has 3 rings (SSSR count). The van der Waals surface area contributed by atoms with Crippen molar-refractivity contribution < 1.29 is 9.53 Å². The Hall–Kier alpha value is -2.23. The number of hydrogen-bond donors (Lipinski definition) is 0. The van der Waals surface area contributed by atoms with Gasteiger partial charge in [0.25, 0.3) is 0 Å². The number of ether oxygens (including phenoxy) is 1. The van der Waals surface area contributed by atoms with Gasteiger partial charge in [0.05, 0.1) is 19.1 Å². The summed E-state index contributed by atoms with van der Waals surface area (Å²) in [6.07, 6.45) is 2.01. The number of hydrogen-bond acceptors (Lipinski definition) is 2. The number of β-lactam (4-membered cyclic amide) rings is 1. The molecule has 1 aromatic carbocycles. The molecule has 2 atom stereocenters. The van der Waals surface area contributed by atoms with Gasteiger partial charge in [-0.25, -0.2) is 0 Å². The fourth-order valence-electron chi connectivity index (χ4n) is 2.83. The number of aryl methyl sites for hydroxylation is 1. The highest BCUT2D eigenvalue weighted by Gasteiger charge is 2.46. The lowest BCUT2D eigenvalue weighted by molar-refractivity contribution is -0.129. The zero-order valence-electron chi connectivity index (χ0n) is 11.9. The lowest BCUT2D eigenvalue weighted by Gasteiger charge is -2.46. The number of carbonyl (C=O) groups excluding carboxylic acids is 1. The molecule has 0 N–H and O–H groups in total. The van der Waals surface area contributed by atoms with Crippen LogP contribution in [0.5, 0.6) is 5.75 Å². The number of methoxy groups -OCH3 is 1. The van der Waals surface area contributed by atoms with Crippen molar-refractivity contribution in [1.82, 2.24) is 4.57 Å².